The van der Waals surface area contributed by atoms with Crippen LogP contribution in [0.5, 0.6) is 5.75 Å². The van der Waals surface area contributed by atoms with E-state index in [1.165, 1.54) is 7.11 Å². The van der Waals surface area contributed by atoms with Crippen LogP contribution in [-0.4, -0.2) is 18.9 Å². The van der Waals surface area contributed by atoms with E-state index in [-0.39, 0.29) is 11.8 Å². The first kappa shape index (κ1) is 10.7. The number of anilines is 2. The van der Waals surface area contributed by atoms with Crippen LogP contribution >= 0.6 is 11.6 Å². The normalized spacial score (nSPS) is 9.57. The highest BCUT2D eigenvalue weighted by Gasteiger charge is 2.06. The number of nitrogens with two attached hydrogens (primary N) is 1. The molecule has 0 bridgehead atoms. The van der Waals surface area contributed by atoms with E-state index in [1.807, 2.05) is 0 Å². The van der Waals surface area contributed by atoms with Gasteiger partial charge >= 0.3 is 0 Å². The number of nitrogen functional groups attached to an aromatic ring is 1. The topological polar surface area (TPSA) is 64.3 Å². The van der Waals surface area contributed by atoms with Gasteiger partial charge in [0.1, 0.15) is 11.6 Å². The second-order valence-corrected chi connectivity index (χ2v) is 2.91. The molecule has 0 aliphatic rings. The summed E-state index contributed by atoms with van der Waals surface area (Å²) in [4.78, 5) is 11.0. The molecule has 3 N–H and O–H groups in total. The lowest BCUT2D eigenvalue weighted by atomic mass is 10.2. The second kappa shape index (κ2) is 4.72. The van der Waals surface area contributed by atoms with Gasteiger partial charge in [0.15, 0.2) is 0 Å². The number of carbonyl (C=O) groups excluding carboxylic acids is 1. The Hall–Kier alpha value is -1.42. The largest absolute Gasteiger partial charge is 0.495 e. The van der Waals surface area contributed by atoms with Crippen molar-refractivity contribution in [2.24, 2.45) is 0 Å². The summed E-state index contributed by atoms with van der Waals surface area (Å²) in [6.07, 6.45) is 0. The van der Waals surface area contributed by atoms with Crippen LogP contribution in [0.1, 0.15) is 0 Å². The molecule has 1 aromatic carbocycles. The molecule has 0 aromatic heterocycles. The predicted octanol–water partition coefficient (Wildman–Crippen LogP) is 1.45. The van der Waals surface area contributed by atoms with E-state index < -0.39 is 0 Å². The smallest absolute Gasteiger partial charge is 0.239 e. The zero-order valence-corrected chi connectivity index (χ0v) is 8.47. The number of alkyl halides is 1. The van der Waals surface area contributed by atoms with E-state index in [9.17, 15) is 4.79 Å². The molecular weight excluding hydrogens is 204 g/mol. The Kier molecular flexibility index (Phi) is 3.59. The zero-order valence-electron chi connectivity index (χ0n) is 7.71. The molecule has 5 heteroatoms. The first-order valence-corrected chi connectivity index (χ1v) is 4.50. The highest BCUT2D eigenvalue weighted by atomic mass is 35.5. The zero-order chi connectivity index (χ0) is 10.6. The molecule has 0 radical (unpaired) electrons. The van der Waals surface area contributed by atoms with Crippen molar-refractivity contribution in [2.75, 3.05) is 24.0 Å². The minimum Gasteiger partial charge on any atom is -0.495 e. The molecule has 1 aromatic rings. The number of amides is 1. The number of nitrogens with one attached hydrogen (secondary N) is 1. The lowest BCUT2D eigenvalue weighted by Crippen LogP contribution is -2.13. The van der Waals surface area contributed by atoms with E-state index in [2.05, 4.69) is 5.32 Å². The summed E-state index contributed by atoms with van der Waals surface area (Å²) < 4.78 is 5.03. The first-order valence-electron chi connectivity index (χ1n) is 3.96. The average molecular weight is 215 g/mol. The summed E-state index contributed by atoms with van der Waals surface area (Å²) >= 11 is 5.35. The van der Waals surface area contributed by atoms with Crippen molar-refractivity contribution in [1.29, 1.82) is 0 Å². The lowest BCUT2D eigenvalue weighted by molar-refractivity contribution is -0.113. The Morgan fingerprint density at radius 3 is 2.93 bits per heavy atom. The monoisotopic (exact) mass is 214 g/mol. The predicted molar refractivity (Wildman–Crippen MR) is 56.8 cm³/mol. The Morgan fingerprint density at radius 1 is 1.64 bits per heavy atom. The van der Waals surface area contributed by atoms with Crippen LogP contribution in [0.15, 0.2) is 18.2 Å². The quantitative estimate of drug-likeness (QED) is 0.591. The van der Waals surface area contributed by atoms with Crippen LogP contribution in [0.4, 0.5) is 11.4 Å². The van der Waals surface area contributed by atoms with Crippen molar-refractivity contribution >= 4 is 28.9 Å². The van der Waals surface area contributed by atoms with Crippen LogP contribution in [0, 0.1) is 0 Å². The number of rotatable bonds is 3. The third-order valence-corrected chi connectivity index (χ3v) is 1.86. The van der Waals surface area contributed by atoms with Crippen molar-refractivity contribution in [3.8, 4) is 5.75 Å². The summed E-state index contributed by atoms with van der Waals surface area (Å²) in [5.74, 6) is 0.158. The van der Waals surface area contributed by atoms with Gasteiger partial charge in [0, 0.05) is 5.69 Å². The second-order valence-electron chi connectivity index (χ2n) is 2.64. The molecule has 0 unspecified atom stereocenters. The molecule has 0 saturated carbocycles. The maximum absolute atomic E-state index is 11.0. The van der Waals surface area contributed by atoms with Crippen LogP contribution in [0.25, 0.3) is 0 Å². The van der Waals surface area contributed by atoms with Crippen LogP contribution < -0.4 is 15.8 Å². The van der Waals surface area contributed by atoms with E-state index in [0.29, 0.717) is 17.1 Å². The Bertz CT molecular complexity index is 342. The lowest BCUT2D eigenvalue weighted by Gasteiger charge is -2.09. The molecule has 1 rings (SSSR count). The Morgan fingerprint density at radius 2 is 2.36 bits per heavy atom. The van der Waals surface area contributed by atoms with Crippen molar-refractivity contribution in [3.05, 3.63) is 18.2 Å². The van der Waals surface area contributed by atoms with E-state index in [4.69, 9.17) is 22.1 Å². The molecule has 0 fully saturated rings. The third-order valence-electron chi connectivity index (χ3n) is 1.62. The fourth-order valence-corrected chi connectivity index (χ4v) is 1.07. The molecule has 4 nitrogen and oxygen atoms in total. The molecule has 0 heterocycles. The SMILES string of the molecule is COc1ccc(N)cc1NC(=O)CCl. The number of ether oxygens (including phenoxy) is 1. The molecule has 76 valence electrons. The Labute approximate surface area is 87.0 Å². The van der Waals surface area contributed by atoms with E-state index in [1.54, 1.807) is 18.2 Å². The molecular formula is C9H11ClN2O2. The summed E-state index contributed by atoms with van der Waals surface area (Å²) in [6.45, 7) is 0. The van der Waals surface area contributed by atoms with Gasteiger partial charge in [-0.2, -0.15) is 0 Å². The minimum atomic E-state index is -0.296. The standard InChI is InChI=1S/C9H11ClN2O2/c1-14-8-3-2-6(11)4-7(8)12-9(13)5-10/h2-4H,5,11H2,1H3,(H,12,13). The maximum Gasteiger partial charge on any atom is 0.239 e. The number of benzene rings is 1. The molecule has 0 aliphatic carbocycles. The molecule has 0 saturated heterocycles. The molecule has 1 amide bonds. The van der Waals surface area contributed by atoms with Crippen LogP contribution in [0.2, 0.25) is 0 Å². The molecule has 14 heavy (non-hydrogen) atoms. The van der Waals surface area contributed by atoms with Crippen molar-refractivity contribution in [2.45, 2.75) is 0 Å². The Balaban J connectivity index is 2.93. The minimum absolute atomic E-state index is 0.0993. The fourth-order valence-electron chi connectivity index (χ4n) is 1.01. The third kappa shape index (κ3) is 2.53. The van der Waals surface area contributed by atoms with Gasteiger partial charge in [-0.15, -0.1) is 11.6 Å². The molecule has 0 spiro atoms. The van der Waals surface area contributed by atoms with Crippen molar-refractivity contribution < 1.29 is 9.53 Å². The summed E-state index contributed by atoms with van der Waals surface area (Å²) in [5, 5.41) is 2.58. The van der Waals surface area contributed by atoms with Crippen molar-refractivity contribution in [3.63, 3.8) is 0 Å². The average Bonchev–Trinajstić information content (AvgIpc) is 2.18. The molecule has 0 aliphatic heterocycles. The first-order chi connectivity index (χ1) is 6.67. The van der Waals surface area contributed by atoms with Gasteiger partial charge in [-0.05, 0) is 18.2 Å². The maximum atomic E-state index is 11.0. The van der Waals surface area contributed by atoms with E-state index in [0.717, 1.165) is 0 Å². The number of methoxy groups -OCH3 is 1. The highest BCUT2D eigenvalue weighted by molar-refractivity contribution is 6.29. The number of halogens is 1. The van der Waals surface area contributed by atoms with Crippen molar-refractivity contribution in [1.82, 2.24) is 0 Å². The summed E-state index contributed by atoms with van der Waals surface area (Å²) in [7, 11) is 1.52. The highest BCUT2D eigenvalue weighted by Crippen LogP contribution is 2.26. The van der Waals surface area contributed by atoms with Gasteiger partial charge < -0.3 is 15.8 Å². The van der Waals surface area contributed by atoms with Gasteiger partial charge in [-0.3, -0.25) is 4.79 Å². The summed E-state index contributed by atoms with van der Waals surface area (Å²) in [5.41, 5.74) is 6.64. The molecule has 0 atom stereocenters. The summed E-state index contributed by atoms with van der Waals surface area (Å²) in [6, 6.07) is 4.98. The van der Waals surface area contributed by atoms with Crippen LogP contribution in [0.3, 0.4) is 0 Å². The number of carbonyl (C=O) groups is 1. The fraction of sp³-hybridized carbons (Fsp3) is 0.222. The van der Waals surface area contributed by atoms with Crippen LogP contribution in [-0.2, 0) is 4.79 Å². The number of hydrogen-bond acceptors (Lipinski definition) is 3. The number of hydrogen-bond donors (Lipinski definition) is 2. The van der Waals surface area contributed by atoms with E-state index >= 15 is 0 Å². The van der Waals surface area contributed by atoms with Gasteiger partial charge in [0.05, 0.1) is 12.8 Å². The van der Waals surface area contributed by atoms with Gasteiger partial charge in [-0.25, -0.2) is 0 Å². The van der Waals surface area contributed by atoms with Gasteiger partial charge in [0.2, 0.25) is 5.91 Å². The van der Waals surface area contributed by atoms with Gasteiger partial charge in [0.25, 0.3) is 0 Å². The van der Waals surface area contributed by atoms with Gasteiger partial charge in [-0.1, -0.05) is 0 Å².